The van der Waals surface area contributed by atoms with Crippen LogP contribution in [0.4, 0.5) is 11.4 Å². The molecule has 1 atom stereocenters. The molecule has 26 heavy (non-hydrogen) atoms. The van der Waals surface area contributed by atoms with Crippen LogP contribution in [-0.2, 0) is 7.05 Å². The van der Waals surface area contributed by atoms with Gasteiger partial charge in [0.15, 0.2) is 5.82 Å². The molecule has 0 spiro atoms. The molecule has 0 unspecified atom stereocenters. The second-order valence-corrected chi connectivity index (χ2v) is 6.70. The van der Waals surface area contributed by atoms with Gasteiger partial charge in [-0.25, -0.2) is 5.01 Å². The lowest BCUT2D eigenvalue weighted by Crippen LogP contribution is -2.37. The summed E-state index contributed by atoms with van der Waals surface area (Å²) in [7, 11) is 4.14. The van der Waals surface area contributed by atoms with E-state index in [0.29, 0.717) is 0 Å². The van der Waals surface area contributed by atoms with E-state index in [1.807, 2.05) is 24.3 Å². The van der Waals surface area contributed by atoms with Crippen LogP contribution in [-0.4, -0.2) is 22.7 Å². The van der Waals surface area contributed by atoms with Crippen LogP contribution < -0.4 is 5.01 Å². The molecule has 4 rings (SSSR count). The van der Waals surface area contributed by atoms with E-state index < -0.39 is 0 Å². The molecular weight excluding hydrogens is 322 g/mol. The first-order valence-corrected chi connectivity index (χ1v) is 8.83. The fourth-order valence-corrected chi connectivity index (χ4v) is 3.43. The molecule has 2 heterocycles. The molecule has 1 aliphatic heterocycles. The number of nitrogens with zero attached hydrogens (tertiary/aromatic N) is 5. The molecule has 5 heteroatoms. The van der Waals surface area contributed by atoms with Gasteiger partial charge in [0.2, 0.25) is 0 Å². The van der Waals surface area contributed by atoms with Gasteiger partial charge in [0.1, 0.15) is 5.69 Å². The average molecular weight is 345 g/mol. The van der Waals surface area contributed by atoms with E-state index in [4.69, 9.17) is 0 Å². The first-order valence-electron chi connectivity index (χ1n) is 8.83. The Hall–Kier alpha value is -2.92. The number of para-hydroxylation sites is 2. The number of azo groups is 1. The summed E-state index contributed by atoms with van der Waals surface area (Å²) in [6, 6.07) is 18.8. The molecule has 0 aliphatic carbocycles. The summed E-state index contributed by atoms with van der Waals surface area (Å²) in [5.41, 5.74) is 4.30. The molecule has 0 N–H and O–H groups in total. The van der Waals surface area contributed by atoms with Crippen molar-refractivity contribution < 1.29 is 0 Å². The van der Waals surface area contributed by atoms with E-state index >= 15 is 0 Å². The Morgan fingerprint density at radius 3 is 2.35 bits per heavy atom. The average Bonchev–Trinajstić information content (AvgIpc) is 3.08. The number of anilines is 1. The van der Waals surface area contributed by atoms with Gasteiger partial charge in [0.25, 0.3) is 0 Å². The van der Waals surface area contributed by atoms with Gasteiger partial charge in [-0.15, -0.1) is 10.2 Å². The van der Waals surface area contributed by atoms with Gasteiger partial charge in [-0.05, 0) is 38.1 Å². The largest absolute Gasteiger partial charge is 0.346 e. The Bertz CT molecular complexity index is 1000. The van der Waals surface area contributed by atoms with Crippen molar-refractivity contribution >= 4 is 22.3 Å². The minimum absolute atomic E-state index is 0.262. The van der Waals surface area contributed by atoms with Gasteiger partial charge in [0.05, 0.1) is 11.2 Å². The van der Waals surface area contributed by atoms with Crippen LogP contribution in [0.15, 0.2) is 76.7 Å². The lowest BCUT2D eigenvalue weighted by molar-refractivity contribution is 0.316. The highest BCUT2D eigenvalue weighted by atomic mass is 15.7. The van der Waals surface area contributed by atoms with E-state index in [-0.39, 0.29) is 6.04 Å². The Morgan fingerprint density at radius 1 is 0.885 bits per heavy atom. The van der Waals surface area contributed by atoms with Gasteiger partial charge >= 0.3 is 0 Å². The first-order chi connectivity index (χ1) is 12.6. The van der Waals surface area contributed by atoms with Crippen molar-refractivity contribution in [3.63, 3.8) is 0 Å². The third kappa shape index (κ3) is 2.61. The Labute approximate surface area is 153 Å². The summed E-state index contributed by atoms with van der Waals surface area (Å²) < 4.78 is 2.16. The molecule has 3 aromatic rings. The smallest absolute Gasteiger partial charge is 0.167 e. The quantitative estimate of drug-likeness (QED) is 0.614. The standard InChI is InChI=1S/C21H23N5/c1-15-14-20(26(25(15)4)17-10-6-5-7-11-17)22-23-21-16(2)24(3)19-13-9-8-12-18(19)21/h5-15H,1-4H3/t15-/m1/s1. The first kappa shape index (κ1) is 16.5. The maximum Gasteiger partial charge on any atom is 0.167 e. The lowest BCUT2D eigenvalue weighted by atomic mass is 10.2. The predicted molar refractivity (Wildman–Crippen MR) is 106 cm³/mol. The highest BCUT2D eigenvalue weighted by Gasteiger charge is 2.28. The maximum atomic E-state index is 4.65. The van der Waals surface area contributed by atoms with Gasteiger partial charge in [-0.2, -0.15) is 0 Å². The second-order valence-electron chi connectivity index (χ2n) is 6.70. The molecule has 0 bridgehead atoms. The summed E-state index contributed by atoms with van der Waals surface area (Å²) >= 11 is 0. The van der Waals surface area contributed by atoms with Gasteiger partial charge in [-0.1, -0.05) is 36.4 Å². The number of aromatic nitrogens is 1. The fraction of sp³-hybridized carbons (Fsp3) is 0.238. The Kier molecular flexibility index (Phi) is 4.09. The Morgan fingerprint density at radius 2 is 1.58 bits per heavy atom. The number of fused-ring (bicyclic) bond motifs is 1. The van der Waals surface area contributed by atoms with Crippen LogP contribution in [0.25, 0.3) is 10.9 Å². The molecule has 0 saturated carbocycles. The topological polar surface area (TPSA) is 36.1 Å². The molecule has 132 valence electrons. The van der Waals surface area contributed by atoms with Crippen LogP contribution in [0.5, 0.6) is 0 Å². The van der Waals surface area contributed by atoms with Gasteiger partial charge < -0.3 is 4.57 Å². The maximum absolute atomic E-state index is 4.65. The third-order valence-electron chi connectivity index (χ3n) is 5.13. The number of aryl methyl sites for hydroxylation is 1. The molecule has 1 aliphatic rings. The van der Waals surface area contributed by atoms with E-state index in [1.165, 1.54) is 5.52 Å². The zero-order valence-electron chi connectivity index (χ0n) is 15.6. The summed E-state index contributed by atoms with van der Waals surface area (Å²) in [5.74, 6) is 0.846. The zero-order valence-corrected chi connectivity index (χ0v) is 15.6. The van der Waals surface area contributed by atoms with E-state index in [1.54, 1.807) is 0 Å². The van der Waals surface area contributed by atoms with Crippen molar-refractivity contribution in [2.24, 2.45) is 17.3 Å². The fourth-order valence-electron chi connectivity index (χ4n) is 3.43. The van der Waals surface area contributed by atoms with Crippen molar-refractivity contribution in [3.8, 4) is 0 Å². The van der Waals surface area contributed by atoms with Crippen molar-refractivity contribution in [1.82, 2.24) is 9.58 Å². The van der Waals surface area contributed by atoms with Crippen LogP contribution in [0.3, 0.4) is 0 Å². The third-order valence-corrected chi connectivity index (χ3v) is 5.13. The normalized spacial score (nSPS) is 18.2. The monoisotopic (exact) mass is 345 g/mol. The van der Waals surface area contributed by atoms with Gasteiger partial charge in [-0.3, -0.25) is 5.01 Å². The molecule has 5 nitrogen and oxygen atoms in total. The number of hydrazine groups is 1. The molecular formula is C21H23N5. The summed E-state index contributed by atoms with van der Waals surface area (Å²) in [6.07, 6.45) is 2.14. The summed E-state index contributed by atoms with van der Waals surface area (Å²) in [4.78, 5) is 0. The van der Waals surface area contributed by atoms with Crippen LogP contribution in [0.2, 0.25) is 0 Å². The molecule has 0 fully saturated rings. The molecule has 2 aromatic carbocycles. The molecule has 0 amide bonds. The summed E-state index contributed by atoms with van der Waals surface area (Å²) in [5, 5.41) is 14.7. The van der Waals surface area contributed by atoms with Crippen LogP contribution in [0, 0.1) is 6.92 Å². The minimum Gasteiger partial charge on any atom is -0.346 e. The van der Waals surface area contributed by atoms with Gasteiger partial charge in [0, 0.05) is 31.2 Å². The number of likely N-dealkylation sites (N-methyl/N-ethyl adjacent to an activating group) is 1. The number of hydrogen-bond acceptors (Lipinski definition) is 4. The SMILES string of the molecule is Cc1c(N=NC2=C[C@@H](C)N(C)N2c2ccccc2)c2ccccc2n1C. The number of benzene rings is 2. The predicted octanol–water partition coefficient (Wildman–Crippen LogP) is 5.17. The molecule has 0 radical (unpaired) electrons. The van der Waals surface area contributed by atoms with Crippen LogP contribution in [0.1, 0.15) is 12.6 Å². The van der Waals surface area contributed by atoms with E-state index in [2.05, 4.69) is 89.2 Å². The minimum atomic E-state index is 0.262. The number of hydrogen-bond donors (Lipinski definition) is 0. The Balaban J connectivity index is 1.75. The zero-order chi connectivity index (χ0) is 18.3. The lowest BCUT2D eigenvalue weighted by Gasteiger charge is -2.29. The summed E-state index contributed by atoms with van der Waals surface area (Å²) in [6.45, 7) is 4.24. The van der Waals surface area contributed by atoms with Crippen molar-refractivity contribution in [1.29, 1.82) is 0 Å². The highest BCUT2D eigenvalue weighted by molar-refractivity contribution is 5.93. The molecule has 0 saturated heterocycles. The van der Waals surface area contributed by atoms with Crippen molar-refractivity contribution in [2.45, 2.75) is 19.9 Å². The highest BCUT2D eigenvalue weighted by Crippen LogP contribution is 2.34. The van der Waals surface area contributed by atoms with E-state index in [9.17, 15) is 0 Å². The number of rotatable bonds is 3. The van der Waals surface area contributed by atoms with E-state index in [0.717, 1.165) is 28.3 Å². The second kappa shape index (κ2) is 6.42. The van der Waals surface area contributed by atoms with Crippen molar-refractivity contribution in [2.75, 3.05) is 12.1 Å². The van der Waals surface area contributed by atoms with Crippen LogP contribution >= 0.6 is 0 Å². The van der Waals surface area contributed by atoms with Crippen molar-refractivity contribution in [3.05, 3.63) is 72.2 Å². The molecule has 1 aromatic heterocycles.